The number of carbonyl (C=O) groups excluding carboxylic acids is 2. The molecule has 108 valence electrons. The fraction of sp³-hybridized carbons (Fsp3) is 0.529. The highest BCUT2D eigenvalue weighted by Crippen LogP contribution is 2.21. The molecule has 0 radical (unpaired) electrons. The Bertz CT molecular complexity index is 458. The van der Waals surface area contributed by atoms with Gasteiger partial charge in [0, 0.05) is 18.8 Å². The summed E-state index contributed by atoms with van der Waals surface area (Å²) in [6, 6.07) is 8.31. The zero-order chi connectivity index (χ0) is 14.5. The van der Waals surface area contributed by atoms with E-state index in [2.05, 4.69) is 17.0 Å². The minimum Gasteiger partial charge on any atom is -0.372 e. The largest absolute Gasteiger partial charge is 0.372 e. The van der Waals surface area contributed by atoms with Crippen molar-refractivity contribution in [3.63, 3.8) is 0 Å². The van der Waals surface area contributed by atoms with Crippen molar-refractivity contribution >= 4 is 17.3 Å². The second kappa shape index (κ2) is 6.69. The molecule has 0 amide bonds. The average molecular weight is 273 g/mol. The molecule has 0 aromatic heterocycles. The molecule has 3 heteroatoms. The van der Waals surface area contributed by atoms with Gasteiger partial charge in [-0.1, -0.05) is 12.1 Å². The third kappa shape index (κ3) is 3.69. The Morgan fingerprint density at radius 2 is 1.55 bits per heavy atom. The van der Waals surface area contributed by atoms with Crippen LogP contribution >= 0.6 is 0 Å². The van der Waals surface area contributed by atoms with E-state index in [-0.39, 0.29) is 11.6 Å². The molecule has 1 saturated heterocycles. The molecule has 0 aliphatic carbocycles. The number of hydrogen-bond acceptors (Lipinski definition) is 3. The Morgan fingerprint density at radius 1 is 1.00 bits per heavy atom. The Balaban J connectivity index is 2.03. The van der Waals surface area contributed by atoms with Crippen molar-refractivity contribution in [3.8, 4) is 0 Å². The lowest BCUT2D eigenvalue weighted by atomic mass is 9.92. The SMILES string of the molecule is CC(=O)C(Cc1ccc(N2CCCCC2)cc1)C(C)=O. The summed E-state index contributed by atoms with van der Waals surface area (Å²) in [4.78, 5) is 25.4. The minimum absolute atomic E-state index is 0.0439. The maximum absolute atomic E-state index is 11.5. The summed E-state index contributed by atoms with van der Waals surface area (Å²) < 4.78 is 0. The summed E-state index contributed by atoms with van der Waals surface area (Å²) in [5.41, 5.74) is 2.30. The van der Waals surface area contributed by atoms with Crippen molar-refractivity contribution in [3.05, 3.63) is 29.8 Å². The van der Waals surface area contributed by atoms with Gasteiger partial charge in [-0.15, -0.1) is 0 Å². The number of benzene rings is 1. The predicted molar refractivity (Wildman–Crippen MR) is 81.1 cm³/mol. The van der Waals surface area contributed by atoms with E-state index in [4.69, 9.17) is 0 Å². The topological polar surface area (TPSA) is 37.4 Å². The van der Waals surface area contributed by atoms with Gasteiger partial charge >= 0.3 is 0 Å². The number of carbonyl (C=O) groups is 2. The number of Topliss-reactive ketones (excluding diaryl/α,β-unsaturated/α-hetero) is 2. The zero-order valence-corrected chi connectivity index (χ0v) is 12.4. The Hall–Kier alpha value is -1.64. The quantitative estimate of drug-likeness (QED) is 0.774. The summed E-state index contributed by atoms with van der Waals surface area (Å²) in [6.45, 7) is 5.24. The third-order valence-electron chi connectivity index (χ3n) is 4.08. The normalized spacial score (nSPS) is 15.4. The Kier molecular flexibility index (Phi) is 4.94. The molecule has 0 atom stereocenters. The summed E-state index contributed by atoms with van der Waals surface area (Å²) >= 11 is 0. The van der Waals surface area contributed by atoms with Crippen LogP contribution in [-0.2, 0) is 16.0 Å². The van der Waals surface area contributed by atoms with Crippen LogP contribution in [0.15, 0.2) is 24.3 Å². The third-order valence-corrected chi connectivity index (χ3v) is 4.08. The minimum atomic E-state index is -0.490. The first-order valence-corrected chi connectivity index (χ1v) is 7.42. The van der Waals surface area contributed by atoms with Crippen LogP contribution in [-0.4, -0.2) is 24.7 Å². The van der Waals surface area contributed by atoms with Crippen LogP contribution in [0.25, 0.3) is 0 Å². The maximum Gasteiger partial charge on any atom is 0.140 e. The van der Waals surface area contributed by atoms with Crippen molar-refractivity contribution in [2.45, 2.75) is 39.5 Å². The molecule has 1 fully saturated rings. The molecule has 0 N–H and O–H groups in total. The van der Waals surface area contributed by atoms with Crippen LogP contribution in [0, 0.1) is 5.92 Å². The highest BCUT2D eigenvalue weighted by molar-refractivity contribution is 6.00. The van der Waals surface area contributed by atoms with E-state index in [9.17, 15) is 9.59 Å². The molecule has 0 spiro atoms. The average Bonchev–Trinajstić information content (AvgIpc) is 2.45. The number of rotatable bonds is 5. The summed E-state index contributed by atoms with van der Waals surface area (Å²) in [5, 5.41) is 0. The van der Waals surface area contributed by atoms with Crippen LogP contribution in [0.5, 0.6) is 0 Å². The molecular formula is C17H23NO2. The van der Waals surface area contributed by atoms with Gasteiger partial charge in [0.2, 0.25) is 0 Å². The number of nitrogens with zero attached hydrogens (tertiary/aromatic N) is 1. The van der Waals surface area contributed by atoms with Crippen LogP contribution in [0.1, 0.15) is 38.7 Å². The highest BCUT2D eigenvalue weighted by Gasteiger charge is 2.20. The molecular weight excluding hydrogens is 250 g/mol. The second-order valence-electron chi connectivity index (χ2n) is 5.69. The maximum atomic E-state index is 11.5. The van der Waals surface area contributed by atoms with Gasteiger partial charge < -0.3 is 4.90 Å². The molecule has 1 aliphatic heterocycles. The smallest absolute Gasteiger partial charge is 0.140 e. The second-order valence-corrected chi connectivity index (χ2v) is 5.69. The lowest BCUT2D eigenvalue weighted by Gasteiger charge is -2.29. The van der Waals surface area contributed by atoms with Crippen molar-refractivity contribution < 1.29 is 9.59 Å². The number of piperidine rings is 1. The monoisotopic (exact) mass is 273 g/mol. The fourth-order valence-corrected chi connectivity index (χ4v) is 2.80. The lowest BCUT2D eigenvalue weighted by molar-refractivity contribution is -0.130. The van der Waals surface area contributed by atoms with Gasteiger partial charge in [0.15, 0.2) is 0 Å². The zero-order valence-electron chi connectivity index (χ0n) is 12.4. The molecule has 0 unspecified atom stereocenters. The van der Waals surface area contributed by atoms with Gasteiger partial charge in [0.05, 0.1) is 5.92 Å². The summed E-state index contributed by atoms with van der Waals surface area (Å²) in [5.74, 6) is -0.578. The van der Waals surface area contributed by atoms with Gasteiger partial charge in [-0.2, -0.15) is 0 Å². The molecule has 1 heterocycles. The highest BCUT2D eigenvalue weighted by atomic mass is 16.1. The van der Waals surface area contributed by atoms with Gasteiger partial charge in [-0.05, 0) is 57.2 Å². The molecule has 1 aromatic carbocycles. The fourth-order valence-electron chi connectivity index (χ4n) is 2.80. The van der Waals surface area contributed by atoms with Crippen LogP contribution in [0.4, 0.5) is 5.69 Å². The van der Waals surface area contributed by atoms with Gasteiger partial charge in [0.25, 0.3) is 0 Å². The molecule has 20 heavy (non-hydrogen) atoms. The summed E-state index contributed by atoms with van der Waals surface area (Å²) in [6.07, 6.45) is 4.37. The van der Waals surface area contributed by atoms with Crippen molar-refractivity contribution in [2.75, 3.05) is 18.0 Å². The van der Waals surface area contributed by atoms with Crippen LogP contribution < -0.4 is 4.90 Å². The number of ketones is 2. The predicted octanol–water partition coefficient (Wildman–Crippen LogP) is 3.01. The first-order chi connectivity index (χ1) is 9.58. The molecule has 0 bridgehead atoms. The van der Waals surface area contributed by atoms with Gasteiger partial charge in [-0.25, -0.2) is 0 Å². The lowest BCUT2D eigenvalue weighted by Crippen LogP contribution is -2.29. The molecule has 2 rings (SSSR count). The van der Waals surface area contributed by atoms with Crippen LogP contribution in [0.3, 0.4) is 0 Å². The first-order valence-electron chi connectivity index (χ1n) is 7.42. The van der Waals surface area contributed by atoms with Crippen molar-refractivity contribution in [1.29, 1.82) is 0 Å². The molecule has 3 nitrogen and oxygen atoms in total. The van der Waals surface area contributed by atoms with E-state index in [1.165, 1.54) is 38.8 Å². The van der Waals surface area contributed by atoms with Crippen molar-refractivity contribution in [1.82, 2.24) is 0 Å². The summed E-state index contributed by atoms with van der Waals surface area (Å²) in [7, 11) is 0. The van der Waals surface area contributed by atoms with E-state index in [1.807, 2.05) is 12.1 Å². The Labute approximate surface area is 121 Å². The van der Waals surface area contributed by atoms with Crippen molar-refractivity contribution in [2.24, 2.45) is 5.92 Å². The van der Waals surface area contributed by atoms with E-state index in [1.54, 1.807) is 0 Å². The Morgan fingerprint density at radius 3 is 2.05 bits per heavy atom. The standard InChI is InChI=1S/C17H23NO2/c1-13(19)17(14(2)20)12-15-6-8-16(9-7-15)18-10-4-3-5-11-18/h6-9,17H,3-5,10-12H2,1-2H3. The molecule has 0 saturated carbocycles. The van der Waals surface area contributed by atoms with E-state index in [0.29, 0.717) is 6.42 Å². The number of hydrogen-bond donors (Lipinski definition) is 0. The van der Waals surface area contributed by atoms with Crippen LogP contribution in [0.2, 0.25) is 0 Å². The van der Waals surface area contributed by atoms with E-state index >= 15 is 0 Å². The van der Waals surface area contributed by atoms with E-state index < -0.39 is 5.92 Å². The van der Waals surface area contributed by atoms with Gasteiger partial charge in [0.1, 0.15) is 11.6 Å². The molecule has 1 aromatic rings. The molecule has 1 aliphatic rings. The van der Waals surface area contributed by atoms with E-state index in [0.717, 1.165) is 18.7 Å². The first kappa shape index (κ1) is 14.8. The number of anilines is 1. The van der Waals surface area contributed by atoms with Gasteiger partial charge in [-0.3, -0.25) is 9.59 Å².